The molecule has 2 aliphatic rings. The first-order chi connectivity index (χ1) is 11.2. The fourth-order valence-corrected chi connectivity index (χ4v) is 4.56. The number of benzene rings is 1. The van der Waals surface area contributed by atoms with Gasteiger partial charge in [0, 0.05) is 11.6 Å². The van der Waals surface area contributed by atoms with E-state index in [1.54, 1.807) is 0 Å². The number of carbonyl (C=O) groups excluding carboxylic acids is 2. The lowest BCUT2D eigenvalue weighted by Crippen LogP contribution is -2.49. The Kier molecular flexibility index (Phi) is 4.14. The van der Waals surface area contributed by atoms with Gasteiger partial charge in [-0.25, -0.2) is 4.39 Å². The van der Waals surface area contributed by atoms with E-state index in [4.69, 9.17) is 0 Å². The highest BCUT2D eigenvalue weighted by Crippen LogP contribution is 2.65. The molecule has 0 aromatic heterocycles. The first-order valence-electron chi connectivity index (χ1n) is 8.57. The Balaban J connectivity index is 1.55. The third-order valence-corrected chi connectivity index (χ3v) is 6.63. The summed E-state index contributed by atoms with van der Waals surface area (Å²) >= 11 is 0. The number of carbonyl (C=O) groups is 2. The maximum absolute atomic E-state index is 13.1. The summed E-state index contributed by atoms with van der Waals surface area (Å²) in [5.74, 6) is -0.447. The largest absolute Gasteiger partial charge is 0.351 e. The van der Waals surface area contributed by atoms with Crippen molar-refractivity contribution < 1.29 is 14.0 Å². The van der Waals surface area contributed by atoms with Crippen molar-refractivity contribution >= 4 is 11.8 Å². The molecule has 5 heteroatoms. The van der Waals surface area contributed by atoms with E-state index >= 15 is 0 Å². The molecule has 2 N–H and O–H groups in total. The van der Waals surface area contributed by atoms with Crippen molar-refractivity contribution in [2.75, 3.05) is 6.54 Å². The van der Waals surface area contributed by atoms with Gasteiger partial charge in [-0.1, -0.05) is 26.8 Å². The van der Waals surface area contributed by atoms with Crippen LogP contribution in [-0.2, 0) is 4.79 Å². The van der Waals surface area contributed by atoms with Crippen LogP contribution in [-0.4, -0.2) is 24.4 Å². The van der Waals surface area contributed by atoms with Gasteiger partial charge in [0.15, 0.2) is 0 Å². The monoisotopic (exact) mass is 332 g/mol. The molecule has 130 valence electrons. The first-order valence-corrected chi connectivity index (χ1v) is 8.57. The van der Waals surface area contributed by atoms with Crippen LogP contribution in [0.5, 0.6) is 0 Å². The summed E-state index contributed by atoms with van der Waals surface area (Å²) in [5, 5.41) is 5.66. The number of rotatable bonds is 4. The van der Waals surface area contributed by atoms with Crippen LogP contribution < -0.4 is 10.6 Å². The molecule has 2 bridgehead atoms. The molecule has 24 heavy (non-hydrogen) atoms. The maximum atomic E-state index is 13.1. The van der Waals surface area contributed by atoms with Gasteiger partial charge in [-0.05, 0) is 54.2 Å². The molecule has 3 atom stereocenters. The molecular weight excluding hydrogens is 307 g/mol. The van der Waals surface area contributed by atoms with Crippen molar-refractivity contribution in [2.24, 2.45) is 16.7 Å². The lowest BCUT2D eigenvalue weighted by Gasteiger charge is -2.39. The topological polar surface area (TPSA) is 58.2 Å². The molecule has 2 aliphatic carbocycles. The molecule has 2 amide bonds. The highest BCUT2D eigenvalue weighted by molar-refractivity contribution is 5.96. The van der Waals surface area contributed by atoms with Crippen LogP contribution in [0.4, 0.5) is 4.39 Å². The number of amides is 2. The van der Waals surface area contributed by atoms with Crippen molar-refractivity contribution in [1.82, 2.24) is 10.6 Å². The van der Waals surface area contributed by atoms with Crippen LogP contribution in [0.2, 0.25) is 0 Å². The summed E-state index contributed by atoms with van der Waals surface area (Å²) in [7, 11) is 0. The normalized spacial score (nSPS) is 30.2. The van der Waals surface area contributed by atoms with E-state index in [2.05, 4.69) is 31.4 Å². The predicted octanol–water partition coefficient (Wildman–Crippen LogP) is 2.89. The van der Waals surface area contributed by atoms with Crippen LogP contribution in [0.25, 0.3) is 0 Å². The zero-order valence-corrected chi connectivity index (χ0v) is 14.5. The van der Waals surface area contributed by atoms with Gasteiger partial charge in [-0.3, -0.25) is 9.59 Å². The minimum Gasteiger partial charge on any atom is -0.351 e. The van der Waals surface area contributed by atoms with Crippen LogP contribution in [0.3, 0.4) is 0 Å². The van der Waals surface area contributed by atoms with Gasteiger partial charge in [-0.15, -0.1) is 0 Å². The van der Waals surface area contributed by atoms with Gasteiger partial charge in [0.2, 0.25) is 5.91 Å². The smallest absolute Gasteiger partial charge is 0.251 e. The average molecular weight is 332 g/mol. The molecule has 2 saturated carbocycles. The van der Waals surface area contributed by atoms with Crippen molar-refractivity contribution in [3.8, 4) is 0 Å². The first kappa shape index (κ1) is 16.9. The molecule has 0 spiro atoms. The lowest BCUT2D eigenvalue weighted by molar-refractivity contribution is -0.121. The third-order valence-electron chi connectivity index (χ3n) is 6.63. The molecule has 3 rings (SSSR count). The number of halogens is 1. The van der Waals surface area contributed by atoms with Crippen molar-refractivity contribution in [3.05, 3.63) is 35.6 Å². The van der Waals surface area contributed by atoms with Gasteiger partial charge in [0.05, 0.1) is 6.54 Å². The molecule has 1 aromatic carbocycles. The second-order valence-corrected chi connectivity index (χ2v) is 7.92. The molecule has 0 radical (unpaired) electrons. The van der Waals surface area contributed by atoms with Crippen LogP contribution in [0.1, 0.15) is 50.4 Å². The second kappa shape index (κ2) is 5.87. The molecule has 0 saturated heterocycles. The van der Waals surface area contributed by atoms with Crippen LogP contribution in [0.15, 0.2) is 24.3 Å². The Morgan fingerprint density at radius 3 is 2.62 bits per heavy atom. The van der Waals surface area contributed by atoms with Crippen molar-refractivity contribution in [1.29, 1.82) is 0 Å². The zero-order valence-electron chi connectivity index (χ0n) is 14.5. The van der Waals surface area contributed by atoms with Gasteiger partial charge < -0.3 is 10.6 Å². The Morgan fingerprint density at radius 2 is 2.04 bits per heavy atom. The molecule has 4 nitrogen and oxygen atoms in total. The highest BCUT2D eigenvalue weighted by Gasteiger charge is 2.61. The van der Waals surface area contributed by atoms with Crippen molar-refractivity contribution in [2.45, 2.75) is 46.1 Å². The van der Waals surface area contributed by atoms with Crippen LogP contribution in [0, 0.1) is 22.6 Å². The second-order valence-electron chi connectivity index (χ2n) is 7.92. The van der Waals surface area contributed by atoms with E-state index in [0.29, 0.717) is 5.92 Å². The van der Waals surface area contributed by atoms with E-state index in [1.165, 1.54) is 24.6 Å². The molecule has 1 aromatic rings. The Labute approximate surface area is 142 Å². The van der Waals surface area contributed by atoms with E-state index in [9.17, 15) is 14.0 Å². The average Bonchev–Trinajstić information content (AvgIpc) is 2.86. The summed E-state index contributed by atoms with van der Waals surface area (Å²) in [5.41, 5.74) is 0.561. The Morgan fingerprint density at radius 1 is 1.29 bits per heavy atom. The van der Waals surface area contributed by atoms with Gasteiger partial charge >= 0.3 is 0 Å². The van der Waals surface area contributed by atoms with E-state index in [1.807, 2.05) is 0 Å². The van der Waals surface area contributed by atoms with E-state index < -0.39 is 11.7 Å². The summed E-state index contributed by atoms with van der Waals surface area (Å²) in [6, 6.07) is 5.59. The number of nitrogens with one attached hydrogen (secondary N) is 2. The van der Waals surface area contributed by atoms with E-state index in [0.717, 1.165) is 18.9 Å². The maximum Gasteiger partial charge on any atom is 0.251 e. The molecular formula is C19H25FN2O2. The Hall–Kier alpha value is -1.91. The number of fused-ring (bicyclic) bond motifs is 2. The summed E-state index contributed by atoms with van der Waals surface area (Å²) in [6.45, 7) is 6.76. The quantitative estimate of drug-likeness (QED) is 0.891. The van der Waals surface area contributed by atoms with Gasteiger partial charge in [-0.2, -0.15) is 0 Å². The SMILES string of the molecule is CC1(C)C2CCC1(C)C(NC(=O)CNC(=O)c1cccc(F)c1)C2. The van der Waals surface area contributed by atoms with Crippen molar-refractivity contribution in [3.63, 3.8) is 0 Å². The lowest BCUT2D eigenvalue weighted by atomic mass is 9.69. The highest BCUT2D eigenvalue weighted by atomic mass is 19.1. The molecule has 3 unspecified atom stereocenters. The number of hydrogen-bond donors (Lipinski definition) is 2. The fraction of sp³-hybridized carbons (Fsp3) is 0.579. The third kappa shape index (κ3) is 2.70. The zero-order chi connectivity index (χ0) is 17.5. The van der Waals surface area contributed by atoms with Gasteiger partial charge in [0.25, 0.3) is 5.91 Å². The summed E-state index contributed by atoms with van der Waals surface area (Å²) in [6.07, 6.45) is 3.37. The van der Waals surface area contributed by atoms with Gasteiger partial charge in [0.1, 0.15) is 5.82 Å². The minimum absolute atomic E-state index is 0.0903. The molecule has 0 heterocycles. The van der Waals surface area contributed by atoms with E-state index in [-0.39, 0.29) is 34.9 Å². The molecule has 2 fully saturated rings. The summed E-state index contributed by atoms with van der Waals surface area (Å²) < 4.78 is 13.1. The van der Waals surface area contributed by atoms with Crippen LogP contribution >= 0.6 is 0 Å². The Bertz CT molecular complexity index is 673. The fourth-order valence-electron chi connectivity index (χ4n) is 4.56. The number of hydrogen-bond acceptors (Lipinski definition) is 2. The predicted molar refractivity (Wildman–Crippen MR) is 89.9 cm³/mol. The minimum atomic E-state index is -0.468. The summed E-state index contributed by atoms with van der Waals surface area (Å²) in [4.78, 5) is 24.2. The molecule has 0 aliphatic heterocycles. The standard InChI is InChI=1S/C19H25FN2O2/c1-18(2)13-7-8-19(18,3)15(10-13)22-16(23)11-21-17(24)12-5-4-6-14(20)9-12/h4-6,9,13,15H,7-8,10-11H2,1-3H3,(H,21,24)(H,22,23).